The van der Waals surface area contributed by atoms with E-state index in [1.165, 1.54) is 84.2 Å². The Bertz CT molecular complexity index is 249. The van der Waals surface area contributed by atoms with E-state index in [0.717, 1.165) is 12.1 Å². The van der Waals surface area contributed by atoms with Crippen molar-refractivity contribution in [1.82, 2.24) is 15.1 Å². The van der Waals surface area contributed by atoms with Gasteiger partial charge >= 0.3 is 0 Å². The summed E-state index contributed by atoms with van der Waals surface area (Å²) >= 11 is 0. The van der Waals surface area contributed by atoms with Gasteiger partial charge in [-0.15, -0.1) is 0 Å². The van der Waals surface area contributed by atoms with Crippen LogP contribution in [0.1, 0.15) is 58.8 Å². The van der Waals surface area contributed by atoms with Crippen molar-refractivity contribution in [2.24, 2.45) is 0 Å². The van der Waals surface area contributed by atoms with E-state index in [9.17, 15) is 0 Å². The van der Waals surface area contributed by atoms with E-state index in [0.29, 0.717) is 0 Å². The molecule has 0 radical (unpaired) electrons. The van der Waals surface area contributed by atoms with Crippen molar-refractivity contribution in [1.29, 1.82) is 0 Å². The number of hydrogen-bond donors (Lipinski definition) is 1. The molecule has 1 saturated heterocycles. The smallest absolute Gasteiger partial charge is 0.0250 e. The fourth-order valence-electron chi connectivity index (χ4n) is 3.93. The predicted molar refractivity (Wildman–Crippen MR) is 87.3 cm³/mol. The summed E-state index contributed by atoms with van der Waals surface area (Å²) in [6.45, 7) is 12.2. The van der Waals surface area contributed by atoms with Gasteiger partial charge < -0.3 is 10.2 Å². The summed E-state index contributed by atoms with van der Waals surface area (Å²) in [6, 6.07) is 1.54. The summed E-state index contributed by atoms with van der Waals surface area (Å²) in [5, 5.41) is 3.84. The molecule has 118 valence electrons. The fourth-order valence-corrected chi connectivity index (χ4v) is 3.93. The Balaban J connectivity index is 1.86. The molecule has 1 aliphatic carbocycles. The molecule has 0 spiro atoms. The van der Waals surface area contributed by atoms with Gasteiger partial charge in [-0.3, -0.25) is 4.90 Å². The molecule has 2 fully saturated rings. The minimum atomic E-state index is 0.746. The normalized spacial score (nSPS) is 30.3. The standard InChI is InChI=1S/C17H35N3/c1-3-10-18-16-8-6-5-7-9-17(16)20-14-12-19(11-4-2)13-15-20/h16-18H,3-15H2,1-2H3. The molecule has 3 heteroatoms. The zero-order valence-electron chi connectivity index (χ0n) is 13.7. The van der Waals surface area contributed by atoms with Gasteiger partial charge in [0.2, 0.25) is 0 Å². The first kappa shape index (κ1) is 16.3. The van der Waals surface area contributed by atoms with Gasteiger partial charge in [0.05, 0.1) is 0 Å². The Kier molecular flexibility index (Phi) is 7.32. The van der Waals surface area contributed by atoms with Crippen LogP contribution in [0.2, 0.25) is 0 Å². The maximum Gasteiger partial charge on any atom is 0.0250 e. The summed E-state index contributed by atoms with van der Waals surface area (Å²) < 4.78 is 0. The van der Waals surface area contributed by atoms with Crippen LogP contribution < -0.4 is 5.32 Å². The Labute approximate surface area is 126 Å². The minimum absolute atomic E-state index is 0.746. The molecular formula is C17H35N3. The molecule has 0 aromatic heterocycles. The van der Waals surface area contributed by atoms with Crippen molar-refractivity contribution in [3.63, 3.8) is 0 Å². The van der Waals surface area contributed by atoms with Crippen LogP contribution in [0.25, 0.3) is 0 Å². The molecular weight excluding hydrogens is 246 g/mol. The van der Waals surface area contributed by atoms with Crippen LogP contribution in [0.4, 0.5) is 0 Å². The highest BCUT2D eigenvalue weighted by atomic mass is 15.3. The predicted octanol–water partition coefficient (Wildman–Crippen LogP) is 2.71. The van der Waals surface area contributed by atoms with Crippen LogP contribution in [0, 0.1) is 0 Å². The van der Waals surface area contributed by atoms with Gasteiger partial charge in [0.15, 0.2) is 0 Å². The largest absolute Gasteiger partial charge is 0.312 e. The van der Waals surface area contributed by atoms with Crippen LogP contribution in [-0.2, 0) is 0 Å². The third-order valence-electron chi connectivity index (χ3n) is 5.05. The maximum atomic E-state index is 3.84. The van der Waals surface area contributed by atoms with Gasteiger partial charge in [-0.2, -0.15) is 0 Å². The Morgan fingerprint density at radius 2 is 1.65 bits per heavy atom. The van der Waals surface area contributed by atoms with E-state index < -0.39 is 0 Å². The maximum absolute atomic E-state index is 3.84. The summed E-state index contributed by atoms with van der Waals surface area (Å²) in [5.74, 6) is 0. The Morgan fingerprint density at radius 3 is 2.35 bits per heavy atom. The average molecular weight is 281 g/mol. The van der Waals surface area contributed by atoms with E-state index in [2.05, 4.69) is 29.0 Å². The molecule has 2 unspecified atom stereocenters. The highest BCUT2D eigenvalue weighted by Gasteiger charge is 2.30. The van der Waals surface area contributed by atoms with Gasteiger partial charge in [0.25, 0.3) is 0 Å². The van der Waals surface area contributed by atoms with Crippen LogP contribution in [-0.4, -0.2) is 61.2 Å². The highest BCUT2D eigenvalue weighted by molar-refractivity contribution is 4.89. The van der Waals surface area contributed by atoms with E-state index in [1.54, 1.807) is 0 Å². The lowest BCUT2D eigenvalue weighted by Gasteiger charge is -2.42. The van der Waals surface area contributed by atoms with Crippen LogP contribution in [0.5, 0.6) is 0 Å². The molecule has 0 bridgehead atoms. The molecule has 0 aromatic carbocycles. The minimum Gasteiger partial charge on any atom is -0.312 e. The van der Waals surface area contributed by atoms with Crippen LogP contribution in [0.15, 0.2) is 0 Å². The molecule has 1 aliphatic heterocycles. The number of piperazine rings is 1. The molecule has 2 atom stereocenters. The van der Waals surface area contributed by atoms with Gasteiger partial charge in [-0.05, 0) is 38.8 Å². The Hall–Kier alpha value is -0.120. The second-order valence-corrected chi connectivity index (χ2v) is 6.64. The molecule has 2 aliphatic rings. The van der Waals surface area contributed by atoms with Gasteiger partial charge in [-0.25, -0.2) is 0 Å². The molecule has 0 aromatic rings. The van der Waals surface area contributed by atoms with Crippen molar-refractivity contribution >= 4 is 0 Å². The van der Waals surface area contributed by atoms with E-state index >= 15 is 0 Å². The second-order valence-electron chi connectivity index (χ2n) is 6.64. The first-order valence-corrected chi connectivity index (χ1v) is 9.05. The fraction of sp³-hybridized carbons (Fsp3) is 1.00. The molecule has 1 N–H and O–H groups in total. The quantitative estimate of drug-likeness (QED) is 0.755. The lowest BCUT2D eigenvalue weighted by molar-refractivity contribution is 0.0748. The van der Waals surface area contributed by atoms with E-state index in [-0.39, 0.29) is 0 Å². The third-order valence-corrected chi connectivity index (χ3v) is 5.05. The molecule has 1 saturated carbocycles. The first-order chi connectivity index (χ1) is 9.85. The zero-order chi connectivity index (χ0) is 14.2. The summed E-state index contributed by atoms with van der Waals surface area (Å²) in [7, 11) is 0. The SMILES string of the molecule is CCCNC1CCCCCC1N1CCN(CCC)CC1. The molecule has 3 nitrogen and oxygen atoms in total. The summed E-state index contributed by atoms with van der Waals surface area (Å²) in [5.41, 5.74) is 0. The van der Waals surface area contributed by atoms with Gasteiger partial charge in [0.1, 0.15) is 0 Å². The highest BCUT2D eigenvalue weighted by Crippen LogP contribution is 2.23. The Morgan fingerprint density at radius 1 is 0.900 bits per heavy atom. The van der Waals surface area contributed by atoms with Crippen LogP contribution in [0.3, 0.4) is 0 Å². The second kappa shape index (κ2) is 9.01. The molecule has 2 rings (SSSR count). The number of nitrogens with one attached hydrogen (secondary N) is 1. The zero-order valence-corrected chi connectivity index (χ0v) is 13.7. The first-order valence-electron chi connectivity index (χ1n) is 9.05. The van der Waals surface area contributed by atoms with Crippen molar-refractivity contribution < 1.29 is 0 Å². The lowest BCUT2D eigenvalue weighted by atomic mass is 10.00. The van der Waals surface area contributed by atoms with Gasteiger partial charge in [-0.1, -0.05) is 33.1 Å². The van der Waals surface area contributed by atoms with Crippen molar-refractivity contribution in [3.05, 3.63) is 0 Å². The lowest BCUT2D eigenvalue weighted by Crippen LogP contribution is -2.56. The van der Waals surface area contributed by atoms with Crippen LogP contribution >= 0.6 is 0 Å². The number of hydrogen-bond acceptors (Lipinski definition) is 3. The molecule has 0 amide bonds. The van der Waals surface area contributed by atoms with Crippen molar-refractivity contribution in [3.8, 4) is 0 Å². The van der Waals surface area contributed by atoms with Crippen molar-refractivity contribution in [2.75, 3.05) is 39.3 Å². The van der Waals surface area contributed by atoms with E-state index in [4.69, 9.17) is 0 Å². The van der Waals surface area contributed by atoms with E-state index in [1.807, 2.05) is 0 Å². The third kappa shape index (κ3) is 4.71. The topological polar surface area (TPSA) is 18.5 Å². The average Bonchev–Trinajstić information content (AvgIpc) is 2.72. The molecule has 20 heavy (non-hydrogen) atoms. The summed E-state index contributed by atoms with van der Waals surface area (Å²) in [4.78, 5) is 5.44. The van der Waals surface area contributed by atoms with Gasteiger partial charge in [0, 0.05) is 38.3 Å². The summed E-state index contributed by atoms with van der Waals surface area (Å²) in [6.07, 6.45) is 9.65. The number of rotatable bonds is 6. The number of nitrogens with zero attached hydrogens (tertiary/aromatic N) is 2. The molecule has 1 heterocycles. The van der Waals surface area contributed by atoms with Crippen molar-refractivity contribution in [2.45, 2.75) is 70.9 Å². The monoisotopic (exact) mass is 281 g/mol.